The van der Waals surface area contributed by atoms with E-state index in [0.717, 1.165) is 49.1 Å². The van der Waals surface area contributed by atoms with E-state index < -0.39 is 0 Å². The lowest BCUT2D eigenvalue weighted by molar-refractivity contribution is 0.0902. The molecule has 3 aliphatic rings. The molecule has 0 bridgehead atoms. The number of hydrogen-bond donors (Lipinski definition) is 2. The molecule has 2 N–H and O–H groups in total. The van der Waals surface area contributed by atoms with Gasteiger partial charge in [0.1, 0.15) is 11.9 Å². The van der Waals surface area contributed by atoms with E-state index in [1.54, 1.807) is 0 Å². The molecule has 0 saturated heterocycles. The van der Waals surface area contributed by atoms with Gasteiger partial charge < -0.3 is 15.4 Å². The minimum atomic E-state index is -0.106. The summed E-state index contributed by atoms with van der Waals surface area (Å²) < 4.78 is 6.32. The molecule has 26 heavy (non-hydrogen) atoms. The molecule has 2 atom stereocenters. The van der Waals surface area contributed by atoms with Gasteiger partial charge in [0.05, 0.1) is 11.5 Å². The molecule has 138 valence electrons. The van der Waals surface area contributed by atoms with Crippen LogP contribution in [0, 0.1) is 22.7 Å². The van der Waals surface area contributed by atoms with Crippen LogP contribution in [0.3, 0.4) is 0 Å². The van der Waals surface area contributed by atoms with Gasteiger partial charge >= 0.3 is 0 Å². The first-order chi connectivity index (χ1) is 12.6. The highest BCUT2D eigenvalue weighted by molar-refractivity contribution is 5.98. The molecule has 2 aliphatic carbocycles. The predicted molar refractivity (Wildman–Crippen MR) is 98.7 cm³/mol. The van der Waals surface area contributed by atoms with Gasteiger partial charge in [-0.05, 0) is 75.3 Å². The van der Waals surface area contributed by atoms with Gasteiger partial charge in [0.15, 0.2) is 0 Å². The molecule has 1 amide bonds. The maximum atomic E-state index is 11.7. The first-order valence-corrected chi connectivity index (χ1v) is 9.79. The van der Waals surface area contributed by atoms with Crippen molar-refractivity contribution >= 4 is 5.91 Å². The second kappa shape index (κ2) is 6.92. The molecule has 5 nitrogen and oxygen atoms in total. The molecule has 4 rings (SSSR count). The fraction of sp³-hybridized carbons (Fsp3) is 0.619. The Bertz CT molecular complexity index is 733. The number of carbonyl (C=O) groups excluding carboxylic acids is 1. The van der Waals surface area contributed by atoms with Crippen LogP contribution in [0.15, 0.2) is 18.2 Å². The van der Waals surface area contributed by atoms with Gasteiger partial charge in [-0.1, -0.05) is 6.42 Å². The minimum absolute atomic E-state index is 0.00799. The number of nitrogens with one attached hydrogen (secondary N) is 2. The standard InChI is InChI=1S/C21H27N3O2/c1-21(13-22)9-14(10-21)11-23-18-4-2-3-5-19(18)26-16-6-7-17-15(8-16)12-24-20(17)25/h6-8,14,18-19,23H,2-5,9-12H2,1H3,(H,24,25)/t14?,18-,19+,21?/m0/s1. The van der Waals surface area contributed by atoms with Crippen molar-refractivity contribution in [1.29, 1.82) is 5.26 Å². The zero-order valence-corrected chi connectivity index (χ0v) is 15.4. The normalized spacial score (nSPS) is 32.9. The third-order valence-electron chi connectivity index (χ3n) is 6.17. The molecule has 1 aromatic rings. The van der Waals surface area contributed by atoms with Crippen LogP contribution in [-0.4, -0.2) is 24.6 Å². The van der Waals surface area contributed by atoms with E-state index in [9.17, 15) is 4.79 Å². The van der Waals surface area contributed by atoms with Gasteiger partial charge in [0, 0.05) is 18.2 Å². The van der Waals surface area contributed by atoms with Gasteiger partial charge in [-0.25, -0.2) is 0 Å². The molecule has 0 unspecified atom stereocenters. The van der Waals surface area contributed by atoms with Gasteiger partial charge in [-0.2, -0.15) is 5.26 Å². The van der Waals surface area contributed by atoms with E-state index in [0.29, 0.717) is 18.5 Å². The molecule has 0 aromatic heterocycles. The van der Waals surface area contributed by atoms with Crippen LogP contribution in [0.25, 0.3) is 0 Å². The van der Waals surface area contributed by atoms with Crippen molar-refractivity contribution in [3.63, 3.8) is 0 Å². The fourth-order valence-electron chi connectivity index (χ4n) is 4.70. The van der Waals surface area contributed by atoms with Crippen molar-refractivity contribution < 1.29 is 9.53 Å². The maximum Gasteiger partial charge on any atom is 0.251 e. The second-order valence-corrected chi connectivity index (χ2v) is 8.40. The highest BCUT2D eigenvalue weighted by Crippen LogP contribution is 2.44. The zero-order chi connectivity index (χ0) is 18.1. The van der Waals surface area contributed by atoms with E-state index in [1.807, 2.05) is 18.2 Å². The van der Waals surface area contributed by atoms with Crippen LogP contribution < -0.4 is 15.4 Å². The largest absolute Gasteiger partial charge is 0.489 e. The monoisotopic (exact) mass is 353 g/mol. The predicted octanol–water partition coefficient (Wildman–Crippen LogP) is 3.15. The summed E-state index contributed by atoms with van der Waals surface area (Å²) in [7, 11) is 0. The summed E-state index contributed by atoms with van der Waals surface area (Å²) in [5.41, 5.74) is 1.68. The van der Waals surface area contributed by atoms with Crippen molar-refractivity contribution in [2.45, 2.75) is 64.1 Å². The van der Waals surface area contributed by atoms with Gasteiger partial charge in [0.25, 0.3) is 5.91 Å². The first-order valence-electron chi connectivity index (χ1n) is 9.79. The Hall–Kier alpha value is -2.06. The third kappa shape index (κ3) is 3.43. The first kappa shape index (κ1) is 17.4. The number of fused-ring (bicyclic) bond motifs is 1. The van der Waals surface area contributed by atoms with Crippen LogP contribution >= 0.6 is 0 Å². The molecule has 0 spiro atoms. The van der Waals surface area contributed by atoms with E-state index in [1.165, 1.54) is 12.8 Å². The summed E-state index contributed by atoms with van der Waals surface area (Å²) in [6, 6.07) is 8.59. The lowest BCUT2D eigenvalue weighted by Gasteiger charge is -2.41. The summed E-state index contributed by atoms with van der Waals surface area (Å²) in [4.78, 5) is 11.7. The molecular formula is C21H27N3O2. The number of ether oxygens (including phenoxy) is 1. The third-order valence-corrected chi connectivity index (χ3v) is 6.17. The van der Waals surface area contributed by atoms with Crippen LogP contribution in [0.4, 0.5) is 0 Å². The number of benzene rings is 1. The summed E-state index contributed by atoms with van der Waals surface area (Å²) >= 11 is 0. The highest BCUT2D eigenvalue weighted by atomic mass is 16.5. The second-order valence-electron chi connectivity index (χ2n) is 8.40. The Morgan fingerprint density at radius 3 is 2.96 bits per heavy atom. The Balaban J connectivity index is 1.34. The molecule has 5 heteroatoms. The SMILES string of the molecule is CC1(C#N)CC(CN[C@H]2CCCC[C@H]2Oc2ccc3c(c2)CNC3=O)C1. The van der Waals surface area contributed by atoms with Gasteiger partial charge in [0.2, 0.25) is 0 Å². The summed E-state index contributed by atoms with van der Waals surface area (Å²) in [5.74, 6) is 1.48. The summed E-state index contributed by atoms with van der Waals surface area (Å²) in [6.07, 6.45) is 6.81. The van der Waals surface area contributed by atoms with E-state index in [-0.39, 0.29) is 17.4 Å². The lowest BCUT2D eigenvalue weighted by atomic mass is 9.64. The topological polar surface area (TPSA) is 74.2 Å². The van der Waals surface area contributed by atoms with Crippen molar-refractivity contribution in [2.24, 2.45) is 11.3 Å². The fourth-order valence-corrected chi connectivity index (χ4v) is 4.70. The van der Waals surface area contributed by atoms with Gasteiger partial charge in [-0.3, -0.25) is 4.79 Å². The van der Waals surface area contributed by atoms with E-state index >= 15 is 0 Å². The Kier molecular flexibility index (Phi) is 4.62. The Morgan fingerprint density at radius 1 is 1.35 bits per heavy atom. The highest BCUT2D eigenvalue weighted by Gasteiger charge is 2.40. The number of nitrogens with zero attached hydrogens (tertiary/aromatic N) is 1. The molecule has 1 aliphatic heterocycles. The summed E-state index contributed by atoms with van der Waals surface area (Å²) in [6.45, 7) is 3.63. The smallest absolute Gasteiger partial charge is 0.251 e. The molecule has 2 saturated carbocycles. The molecule has 1 heterocycles. The number of hydrogen-bond acceptors (Lipinski definition) is 4. The maximum absolute atomic E-state index is 11.7. The number of nitriles is 1. The van der Waals surface area contributed by atoms with Crippen LogP contribution in [0.5, 0.6) is 5.75 Å². The zero-order valence-electron chi connectivity index (χ0n) is 15.4. The quantitative estimate of drug-likeness (QED) is 0.853. The summed E-state index contributed by atoms with van der Waals surface area (Å²) in [5, 5.41) is 15.7. The number of amides is 1. The average molecular weight is 353 g/mol. The molecule has 2 fully saturated rings. The molecular weight excluding hydrogens is 326 g/mol. The lowest BCUT2D eigenvalue weighted by Crippen LogP contribution is -2.49. The Labute approximate surface area is 155 Å². The minimum Gasteiger partial charge on any atom is -0.489 e. The number of carbonyl (C=O) groups is 1. The van der Waals surface area contributed by atoms with Crippen LogP contribution in [0.1, 0.15) is 61.4 Å². The van der Waals surface area contributed by atoms with Crippen LogP contribution in [0.2, 0.25) is 0 Å². The average Bonchev–Trinajstić information content (AvgIpc) is 2.99. The van der Waals surface area contributed by atoms with Crippen molar-refractivity contribution in [2.75, 3.05) is 6.54 Å². The van der Waals surface area contributed by atoms with Crippen LogP contribution in [-0.2, 0) is 6.54 Å². The Morgan fingerprint density at radius 2 is 2.15 bits per heavy atom. The van der Waals surface area contributed by atoms with E-state index in [4.69, 9.17) is 10.00 Å². The van der Waals surface area contributed by atoms with Crippen molar-refractivity contribution in [1.82, 2.24) is 10.6 Å². The van der Waals surface area contributed by atoms with Crippen molar-refractivity contribution in [3.05, 3.63) is 29.3 Å². The van der Waals surface area contributed by atoms with Crippen molar-refractivity contribution in [3.8, 4) is 11.8 Å². The molecule has 1 aromatic carbocycles. The van der Waals surface area contributed by atoms with E-state index in [2.05, 4.69) is 23.6 Å². The number of rotatable bonds is 5. The molecule has 0 radical (unpaired) electrons. The van der Waals surface area contributed by atoms with Gasteiger partial charge in [-0.15, -0.1) is 0 Å².